The highest BCUT2D eigenvalue weighted by molar-refractivity contribution is 5.98. The molecule has 0 spiro atoms. The maximum Gasteiger partial charge on any atom is 0.387 e. The molecule has 3 rings (SSSR count). The number of carbonyl (C=O) groups is 1. The van der Waals surface area contributed by atoms with Crippen LogP contribution in [-0.4, -0.2) is 30.7 Å². The van der Waals surface area contributed by atoms with Gasteiger partial charge in [-0.3, -0.25) is 4.79 Å². The number of alkyl halides is 2. The fourth-order valence-electron chi connectivity index (χ4n) is 2.98. The Bertz CT molecular complexity index is 954. The van der Waals surface area contributed by atoms with E-state index in [1.54, 1.807) is 12.1 Å². The molecule has 1 amide bonds. The van der Waals surface area contributed by atoms with Crippen molar-refractivity contribution < 1.29 is 23.0 Å². The molecule has 0 unspecified atom stereocenters. The van der Waals surface area contributed by atoms with E-state index in [2.05, 4.69) is 10.1 Å². The zero-order valence-corrected chi connectivity index (χ0v) is 15.0. The molecule has 27 heavy (non-hydrogen) atoms. The smallest absolute Gasteiger partial charge is 0.387 e. The van der Waals surface area contributed by atoms with Crippen molar-refractivity contribution in [2.45, 2.75) is 13.0 Å². The van der Waals surface area contributed by atoms with Crippen LogP contribution in [0.2, 0.25) is 0 Å². The predicted octanol–water partition coefficient (Wildman–Crippen LogP) is 3.76. The zero-order chi connectivity index (χ0) is 19.4. The molecule has 0 saturated heterocycles. The number of carbonyl (C=O) groups excluding carboxylic acids is 1. The van der Waals surface area contributed by atoms with Gasteiger partial charge in [-0.1, -0.05) is 24.3 Å². The van der Waals surface area contributed by atoms with Crippen molar-refractivity contribution in [2.24, 2.45) is 7.05 Å². The first-order valence-corrected chi connectivity index (χ1v) is 8.44. The maximum absolute atomic E-state index is 12.5. The van der Waals surface area contributed by atoms with Crippen LogP contribution in [0.25, 0.3) is 10.9 Å². The van der Waals surface area contributed by atoms with Gasteiger partial charge >= 0.3 is 6.61 Å². The molecular weight excluding hydrogens is 354 g/mol. The van der Waals surface area contributed by atoms with Gasteiger partial charge in [-0.25, -0.2) is 0 Å². The average Bonchev–Trinajstić information content (AvgIpc) is 2.99. The number of benzene rings is 2. The highest BCUT2D eigenvalue weighted by Gasteiger charge is 2.14. The Kier molecular flexibility index (Phi) is 5.59. The average molecular weight is 374 g/mol. The number of fused-ring (bicyclic) bond motifs is 1. The summed E-state index contributed by atoms with van der Waals surface area (Å²) >= 11 is 0. The number of methoxy groups -OCH3 is 1. The van der Waals surface area contributed by atoms with E-state index < -0.39 is 6.61 Å². The highest BCUT2D eigenvalue weighted by Crippen LogP contribution is 2.29. The van der Waals surface area contributed by atoms with Crippen molar-refractivity contribution in [1.29, 1.82) is 0 Å². The summed E-state index contributed by atoms with van der Waals surface area (Å²) in [5, 5.41) is 3.85. The lowest BCUT2D eigenvalue weighted by molar-refractivity contribution is -0.0512. The Labute approximate surface area is 155 Å². The SMILES string of the molecule is COc1ccc(CCNC(=O)c2cc3ccccc3n2C)cc1OC(F)F. The number of amides is 1. The van der Waals surface area contributed by atoms with Crippen LogP contribution >= 0.6 is 0 Å². The number of aryl methyl sites for hydroxylation is 1. The van der Waals surface area contributed by atoms with Crippen molar-refractivity contribution in [2.75, 3.05) is 13.7 Å². The molecule has 0 fully saturated rings. The number of para-hydroxylation sites is 1. The van der Waals surface area contributed by atoms with Crippen LogP contribution in [0, 0.1) is 0 Å². The number of aromatic nitrogens is 1. The van der Waals surface area contributed by atoms with Crippen molar-refractivity contribution in [1.82, 2.24) is 9.88 Å². The largest absolute Gasteiger partial charge is 0.493 e. The van der Waals surface area contributed by atoms with Gasteiger partial charge in [-0.15, -0.1) is 0 Å². The van der Waals surface area contributed by atoms with Gasteiger partial charge in [0.05, 0.1) is 7.11 Å². The minimum Gasteiger partial charge on any atom is -0.493 e. The summed E-state index contributed by atoms with van der Waals surface area (Å²) in [6.07, 6.45) is 0.472. The molecule has 0 radical (unpaired) electrons. The zero-order valence-electron chi connectivity index (χ0n) is 15.0. The summed E-state index contributed by atoms with van der Waals surface area (Å²) in [4.78, 5) is 12.5. The monoisotopic (exact) mass is 374 g/mol. The third kappa shape index (κ3) is 4.19. The minimum atomic E-state index is -2.93. The molecule has 1 N–H and O–H groups in total. The van der Waals surface area contributed by atoms with Crippen LogP contribution in [0.4, 0.5) is 8.78 Å². The topological polar surface area (TPSA) is 52.5 Å². The third-order valence-corrected chi connectivity index (χ3v) is 4.33. The van der Waals surface area contributed by atoms with Gasteiger partial charge in [-0.2, -0.15) is 8.78 Å². The second-order valence-corrected chi connectivity index (χ2v) is 6.02. The quantitative estimate of drug-likeness (QED) is 0.685. The van der Waals surface area contributed by atoms with Gasteiger partial charge in [0.15, 0.2) is 11.5 Å². The molecule has 0 aliphatic carbocycles. The maximum atomic E-state index is 12.5. The number of halogens is 2. The van der Waals surface area contributed by atoms with Crippen molar-refractivity contribution in [3.63, 3.8) is 0 Å². The highest BCUT2D eigenvalue weighted by atomic mass is 19.3. The molecular formula is C20H20F2N2O3. The Balaban J connectivity index is 1.65. The summed E-state index contributed by atoms with van der Waals surface area (Å²) in [6, 6.07) is 14.4. The van der Waals surface area contributed by atoms with Gasteiger partial charge in [0.25, 0.3) is 5.91 Å². The van der Waals surface area contributed by atoms with Crippen molar-refractivity contribution in [3.05, 3.63) is 59.8 Å². The molecule has 3 aromatic rings. The lowest BCUT2D eigenvalue weighted by Gasteiger charge is -2.12. The summed E-state index contributed by atoms with van der Waals surface area (Å²) in [5.74, 6) is 0.0230. The Morgan fingerprint density at radius 1 is 1.15 bits per heavy atom. The van der Waals surface area contributed by atoms with Crippen LogP contribution in [-0.2, 0) is 13.5 Å². The first kappa shape index (κ1) is 18.7. The van der Waals surface area contributed by atoms with Gasteiger partial charge in [-0.05, 0) is 36.2 Å². The summed E-state index contributed by atoms with van der Waals surface area (Å²) in [5.41, 5.74) is 2.29. The third-order valence-electron chi connectivity index (χ3n) is 4.33. The summed E-state index contributed by atoms with van der Waals surface area (Å²) < 4.78 is 36.3. The molecule has 1 aromatic heterocycles. The second-order valence-electron chi connectivity index (χ2n) is 6.02. The molecule has 0 saturated carbocycles. The number of nitrogens with zero attached hydrogens (tertiary/aromatic N) is 1. The fourth-order valence-corrected chi connectivity index (χ4v) is 2.98. The standard InChI is InChI=1S/C20H20F2N2O3/c1-24-15-6-4-3-5-14(15)12-16(24)19(25)23-10-9-13-7-8-17(26-2)18(11-13)27-20(21)22/h3-8,11-12,20H,9-10H2,1-2H3,(H,23,25). The number of ether oxygens (including phenoxy) is 2. The number of rotatable bonds is 7. The Morgan fingerprint density at radius 3 is 2.63 bits per heavy atom. The number of nitrogens with one attached hydrogen (secondary N) is 1. The van der Waals surface area contributed by atoms with Gasteiger partial charge in [0.1, 0.15) is 5.69 Å². The fraction of sp³-hybridized carbons (Fsp3) is 0.250. The molecule has 1 heterocycles. The second kappa shape index (κ2) is 8.07. The van der Waals surface area contributed by atoms with Crippen LogP contribution in [0.1, 0.15) is 16.1 Å². The summed E-state index contributed by atoms with van der Waals surface area (Å²) in [7, 11) is 3.23. The molecule has 0 atom stereocenters. The van der Waals surface area contributed by atoms with E-state index in [9.17, 15) is 13.6 Å². The van der Waals surface area contributed by atoms with Crippen molar-refractivity contribution in [3.8, 4) is 11.5 Å². The van der Waals surface area contributed by atoms with Crippen LogP contribution < -0.4 is 14.8 Å². The van der Waals surface area contributed by atoms with Gasteiger partial charge in [0.2, 0.25) is 0 Å². The molecule has 142 valence electrons. The van der Waals surface area contributed by atoms with E-state index >= 15 is 0 Å². The summed E-state index contributed by atoms with van der Waals surface area (Å²) in [6.45, 7) is -2.57. The van der Waals surface area contributed by atoms with Crippen molar-refractivity contribution >= 4 is 16.8 Å². The van der Waals surface area contributed by atoms with E-state index in [1.165, 1.54) is 13.2 Å². The van der Waals surface area contributed by atoms with Crippen LogP contribution in [0.5, 0.6) is 11.5 Å². The lowest BCUT2D eigenvalue weighted by Crippen LogP contribution is -2.27. The number of hydrogen-bond acceptors (Lipinski definition) is 3. The predicted molar refractivity (Wildman–Crippen MR) is 98.6 cm³/mol. The minimum absolute atomic E-state index is 0.0231. The Hall–Kier alpha value is -3.09. The molecule has 0 bridgehead atoms. The first-order valence-electron chi connectivity index (χ1n) is 8.44. The first-order chi connectivity index (χ1) is 13.0. The van der Waals surface area contributed by atoms with Gasteiger partial charge in [0, 0.05) is 24.5 Å². The molecule has 0 aliphatic rings. The molecule has 7 heteroatoms. The van der Waals surface area contributed by atoms with E-state index in [-0.39, 0.29) is 17.4 Å². The van der Waals surface area contributed by atoms with E-state index in [4.69, 9.17) is 4.74 Å². The van der Waals surface area contributed by atoms with E-state index in [0.29, 0.717) is 18.7 Å². The number of hydrogen-bond donors (Lipinski definition) is 1. The van der Waals surface area contributed by atoms with Gasteiger partial charge < -0.3 is 19.4 Å². The van der Waals surface area contributed by atoms with Crippen LogP contribution in [0.3, 0.4) is 0 Å². The Morgan fingerprint density at radius 2 is 1.93 bits per heavy atom. The lowest BCUT2D eigenvalue weighted by atomic mass is 10.1. The molecule has 2 aromatic carbocycles. The normalized spacial score (nSPS) is 11.0. The molecule has 5 nitrogen and oxygen atoms in total. The van der Waals surface area contributed by atoms with Crippen LogP contribution in [0.15, 0.2) is 48.5 Å². The van der Waals surface area contributed by atoms with E-state index in [1.807, 2.05) is 41.9 Å². The molecule has 0 aliphatic heterocycles. The van der Waals surface area contributed by atoms with E-state index in [0.717, 1.165) is 16.5 Å².